The van der Waals surface area contributed by atoms with E-state index in [0.717, 1.165) is 37.6 Å². The lowest BCUT2D eigenvalue weighted by molar-refractivity contribution is 0.194. The van der Waals surface area contributed by atoms with Crippen LogP contribution in [0.15, 0.2) is 10.6 Å². The molecule has 0 aromatic carbocycles. The lowest BCUT2D eigenvalue weighted by Gasteiger charge is -2.30. The molecular weight excluding hydrogens is 178 g/mol. The Balaban J connectivity index is 1.90. The number of aryl methyl sites for hydroxylation is 1. The minimum Gasteiger partial charge on any atom is -0.361 e. The number of hydrogen-bond donors (Lipinski definition) is 1. The monoisotopic (exact) mass is 195 g/mol. The molecule has 0 spiro atoms. The van der Waals surface area contributed by atoms with E-state index in [2.05, 4.69) is 22.3 Å². The van der Waals surface area contributed by atoms with E-state index in [4.69, 9.17) is 4.52 Å². The molecule has 1 atom stereocenters. The Kier molecular flexibility index (Phi) is 2.84. The van der Waals surface area contributed by atoms with E-state index >= 15 is 0 Å². The number of rotatable bonds is 2. The predicted molar refractivity (Wildman–Crippen MR) is 54.0 cm³/mol. The third kappa shape index (κ3) is 2.33. The van der Waals surface area contributed by atoms with Gasteiger partial charge in [0.15, 0.2) is 0 Å². The highest BCUT2D eigenvalue weighted by Crippen LogP contribution is 2.07. The first-order valence-corrected chi connectivity index (χ1v) is 5.12. The number of nitrogens with one attached hydrogen (secondary N) is 1. The second-order valence-corrected chi connectivity index (χ2v) is 4.02. The molecule has 0 radical (unpaired) electrons. The average molecular weight is 195 g/mol. The summed E-state index contributed by atoms with van der Waals surface area (Å²) in [5, 5.41) is 7.42. The Morgan fingerprint density at radius 1 is 1.71 bits per heavy atom. The van der Waals surface area contributed by atoms with Gasteiger partial charge in [0.1, 0.15) is 5.76 Å². The smallest absolute Gasteiger partial charge is 0.133 e. The van der Waals surface area contributed by atoms with Crippen molar-refractivity contribution >= 4 is 0 Å². The van der Waals surface area contributed by atoms with Gasteiger partial charge in [-0.1, -0.05) is 5.16 Å². The van der Waals surface area contributed by atoms with Crippen molar-refractivity contribution in [2.45, 2.75) is 26.4 Å². The number of hydrogen-bond acceptors (Lipinski definition) is 4. The van der Waals surface area contributed by atoms with Crippen LogP contribution >= 0.6 is 0 Å². The van der Waals surface area contributed by atoms with Crippen LogP contribution in [0.25, 0.3) is 0 Å². The summed E-state index contributed by atoms with van der Waals surface area (Å²) in [4.78, 5) is 2.40. The minimum absolute atomic E-state index is 0.580. The van der Waals surface area contributed by atoms with Crippen molar-refractivity contribution in [2.75, 3.05) is 19.6 Å². The van der Waals surface area contributed by atoms with Gasteiger partial charge in [-0.2, -0.15) is 0 Å². The van der Waals surface area contributed by atoms with E-state index in [1.165, 1.54) is 0 Å². The van der Waals surface area contributed by atoms with Gasteiger partial charge in [0.05, 0.1) is 5.69 Å². The molecule has 0 aliphatic carbocycles. The first kappa shape index (κ1) is 9.68. The molecule has 0 bridgehead atoms. The van der Waals surface area contributed by atoms with Crippen LogP contribution in [0, 0.1) is 6.92 Å². The van der Waals surface area contributed by atoms with Crippen LogP contribution in [0.4, 0.5) is 0 Å². The zero-order valence-corrected chi connectivity index (χ0v) is 8.79. The van der Waals surface area contributed by atoms with Crippen LogP contribution in [0.3, 0.4) is 0 Å². The number of nitrogens with zero attached hydrogens (tertiary/aromatic N) is 2. The van der Waals surface area contributed by atoms with Crippen LogP contribution in [0.5, 0.6) is 0 Å². The van der Waals surface area contributed by atoms with Gasteiger partial charge in [0.2, 0.25) is 0 Å². The summed E-state index contributed by atoms with van der Waals surface area (Å²) in [6.07, 6.45) is 0. The molecule has 4 heteroatoms. The summed E-state index contributed by atoms with van der Waals surface area (Å²) >= 11 is 0. The van der Waals surface area contributed by atoms with Gasteiger partial charge in [-0.25, -0.2) is 0 Å². The molecule has 1 aliphatic rings. The maximum absolute atomic E-state index is 5.04. The molecule has 4 nitrogen and oxygen atoms in total. The lowest BCUT2D eigenvalue weighted by atomic mass is 10.2. The van der Waals surface area contributed by atoms with Crippen molar-refractivity contribution in [1.82, 2.24) is 15.4 Å². The van der Waals surface area contributed by atoms with Crippen LogP contribution in [-0.2, 0) is 6.54 Å². The molecule has 14 heavy (non-hydrogen) atoms. The average Bonchev–Trinajstić information content (AvgIpc) is 2.51. The Morgan fingerprint density at radius 3 is 3.21 bits per heavy atom. The van der Waals surface area contributed by atoms with E-state index in [9.17, 15) is 0 Å². The zero-order valence-electron chi connectivity index (χ0n) is 8.79. The molecule has 0 saturated carbocycles. The van der Waals surface area contributed by atoms with Crippen molar-refractivity contribution in [3.63, 3.8) is 0 Å². The summed E-state index contributed by atoms with van der Waals surface area (Å²) in [7, 11) is 0. The molecule has 0 amide bonds. The summed E-state index contributed by atoms with van der Waals surface area (Å²) in [5.41, 5.74) is 1.04. The van der Waals surface area contributed by atoms with Gasteiger partial charge in [-0.05, 0) is 13.8 Å². The summed E-state index contributed by atoms with van der Waals surface area (Å²) in [6, 6.07) is 2.59. The molecule has 2 heterocycles. The summed E-state index contributed by atoms with van der Waals surface area (Å²) < 4.78 is 5.04. The van der Waals surface area contributed by atoms with E-state index < -0.39 is 0 Å². The van der Waals surface area contributed by atoms with Gasteiger partial charge in [0.25, 0.3) is 0 Å². The third-order valence-electron chi connectivity index (χ3n) is 2.52. The highest BCUT2D eigenvalue weighted by Gasteiger charge is 2.16. The molecule has 78 valence electrons. The second-order valence-electron chi connectivity index (χ2n) is 4.02. The standard InChI is InChI=1S/C10H17N3O/c1-8-6-13(4-3-11-8)7-10-5-9(2)14-12-10/h5,8,11H,3-4,6-7H2,1-2H3/t8-/m0/s1. The second kappa shape index (κ2) is 4.11. The van der Waals surface area contributed by atoms with Crippen molar-refractivity contribution in [3.05, 3.63) is 17.5 Å². The fraction of sp³-hybridized carbons (Fsp3) is 0.700. The van der Waals surface area contributed by atoms with Crippen LogP contribution < -0.4 is 5.32 Å². The number of aromatic nitrogens is 1. The zero-order chi connectivity index (χ0) is 9.97. The normalized spacial score (nSPS) is 24.0. The van der Waals surface area contributed by atoms with E-state index in [1.807, 2.05) is 13.0 Å². The first-order valence-electron chi connectivity index (χ1n) is 5.12. The van der Waals surface area contributed by atoms with Crippen LogP contribution in [0.1, 0.15) is 18.4 Å². The molecule has 1 fully saturated rings. The van der Waals surface area contributed by atoms with Crippen molar-refractivity contribution in [1.29, 1.82) is 0 Å². The van der Waals surface area contributed by atoms with Crippen molar-refractivity contribution in [3.8, 4) is 0 Å². The van der Waals surface area contributed by atoms with E-state index in [1.54, 1.807) is 0 Å². The Morgan fingerprint density at radius 2 is 2.57 bits per heavy atom. The van der Waals surface area contributed by atoms with Gasteiger partial charge in [-0.15, -0.1) is 0 Å². The maximum atomic E-state index is 5.04. The largest absolute Gasteiger partial charge is 0.361 e. The first-order chi connectivity index (χ1) is 6.74. The quantitative estimate of drug-likeness (QED) is 0.757. The van der Waals surface area contributed by atoms with Crippen LogP contribution in [-0.4, -0.2) is 35.7 Å². The molecule has 1 aromatic heterocycles. The van der Waals surface area contributed by atoms with Crippen molar-refractivity contribution in [2.24, 2.45) is 0 Å². The molecule has 2 rings (SSSR count). The summed E-state index contributed by atoms with van der Waals surface area (Å²) in [6.45, 7) is 8.29. The van der Waals surface area contributed by atoms with E-state index in [-0.39, 0.29) is 0 Å². The Labute approximate surface area is 84.3 Å². The fourth-order valence-electron chi connectivity index (χ4n) is 1.88. The molecule has 0 unspecified atom stereocenters. The Hall–Kier alpha value is -0.870. The topological polar surface area (TPSA) is 41.3 Å². The molecule has 1 aromatic rings. The molecule has 1 N–H and O–H groups in total. The van der Waals surface area contributed by atoms with Crippen LogP contribution in [0.2, 0.25) is 0 Å². The minimum atomic E-state index is 0.580. The lowest BCUT2D eigenvalue weighted by Crippen LogP contribution is -2.48. The molecule has 1 saturated heterocycles. The SMILES string of the molecule is Cc1cc(CN2CCN[C@@H](C)C2)no1. The Bertz CT molecular complexity index is 297. The molecular formula is C10H17N3O. The predicted octanol–water partition coefficient (Wildman–Crippen LogP) is 0.777. The third-order valence-corrected chi connectivity index (χ3v) is 2.52. The number of piperazine rings is 1. The maximum Gasteiger partial charge on any atom is 0.133 e. The molecule has 1 aliphatic heterocycles. The van der Waals surface area contributed by atoms with Gasteiger partial charge in [0, 0.05) is 38.3 Å². The van der Waals surface area contributed by atoms with Gasteiger partial charge < -0.3 is 9.84 Å². The fourth-order valence-corrected chi connectivity index (χ4v) is 1.88. The summed E-state index contributed by atoms with van der Waals surface area (Å²) in [5.74, 6) is 0.892. The van der Waals surface area contributed by atoms with Gasteiger partial charge >= 0.3 is 0 Å². The highest BCUT2D eigenvalue weighted by molar-refractivity contribution is 5.03. The van der Waals surface area contributed by atoms with Gasteiger partial charge in [-0.3, -0.25) is 4.90 Å². The van der Waals surface area contributed by atoms with E-state index in [0.29, 0.717) is 6.04 Å². The highest BCUT2D eigenvalue weighted by atomic mass is 16.5. The van der Waals surface area contributed by atoms with Crippen molar-refractivity contribution < 1.29 is 4.52 Å².